The molecular weight excluding hydrogens is 360 g/mol. The normalized spacial score (nSPS) is 15.9. The number of nitrogens with zero attached hydrogens (tertiary/aromatic N) is 7. The van der Waals surface area contributed by atoms with Gasteiger partial charge in [0, 0.05) is 26.2 Å². The van der Waals surface area contributed by atoms with Crippen LogP contribution in [0, 0.1) is 0 Å². The summed E-state index contributed by atoms with van der Waals surface area (Å²) in [6.07, 6.45) is 4.29. The lowest BCUT2D eigenvalue weighted by atomic mass is 10.3. The molecule has 0 amide bonds. The topological polar surface area (TPSA) is 115 Å². The zero-order valence-corrected chi connectivity index (χ0v) is 15.2. The lowest BCUT2D eigenvalue weighted by molar-refractivity contribution is 0.260. The maximum atomic E-state index is 6.12. The fraction of sp³-hybridized carbons (Fsp3) is 0.333. The van der Waals surface area contributed by atoms with Crippen LogP contribution < -0.4 is 10.6 Å². The second-order valence-corrected chi connectivity index (χ2v) is 6.70. The highest BCUT2D eigenvalue weighted by atomic mass is 16.3. The maximum absolute atomic E-state index is 6.12. The van der Waals surface area contributed by atoms with Crippen molar-refractivity contribution in [1.29, 1.82) is 0 Å². The minimum atomic E-state index is 0.252. The van der Waals surface area contributed by atoms with Gasteiger partial charge in [-0.2, -0.15) is 19.5 Å². The Morgan fingerprint density at radius 1 is 0.964 bits per heavy atom. The van der Waals surface area contributed by atoms with Gasteiger partial charge in [-0.25, -0.2) is 0 Å². The number of aromatic nitrogens is 5. The van der Waals surface area contributed by atoms with Crippen molar-refractivity contribution in [2.75, 3.05) is 36.8 Å². The average molecular weight is 380 g/mol. The summed E-state index contributed by atoms with van der Waals surface area (Å²) >= 11 is 0. The molecule has 144 valence electrons. The fourth-order valence-electron chi connectivity index (χ4n) is 3.40. The molecular formula is C18H20N8O2. The van der Waals surface area contributed by atoms with Crippen LogP contribution in [-0.4, -0.2) is 55.6 Å². The summed E-state index contributed by atoms with van der Waals surface area (Å²) in [5, 5.41) is 4.34. The minimum absolute atomic E-state index is 0.252. The number of hydrogen-bond donors (Lipinski definition) is 1. The van der Waals surface area contributed by atoms with Gasteiger partial charge in [-0.05, 0) is 30.7 Å². The van der Waals surface area contributed by atoms with Crippen LogP contribution in [0.15, 0.2) is 45.6 Å². The molecule has 28 heavy (non-hydrogen) atoms. The molecule has 0 saturated carbocycles. The van der Waals surface area contributed by atoms with Gasteiger partial charge in [0.05, 0.1) is 19.1 Å². The lowest BCUT2D eigenvalue weighted by Crippen LogP contribution is -2.31. The van der Waals surface area contributed by atoms with Crippen molar-refractivity contribution in [3.63, 3.8) is 0 Å². The van der Waals surface area contributed by atoms with E-state index in [1.807, 2.05) is 12.1 Å². The third-order valence-electron chi connectivity index (χ3n) is 4.79. The summed E-state index contributed by atoms with van der Waals surface area (Å²) in [7, 11) is 0. The van der Waals surface area contributed by atoms with E-state index in [1.165, 1.54) is 4.52 Å². The van der Waals surface area contributed by atoms with Crippen molar-refractivity contribution in [3.8, 4) is 11.6 Å². The molecule has 1 fully saturated rings. The third-order valence-corrected chi connectivity index (χ3v) is 4.79. The number of fused-ring (bicyclic) bond motifs is 1. The van der Waals surface area contributed by atoms with E-state index in [0.717, 1.165) is 44.9 Å². The Hall–Kier alpha value is -3.40. The molecule has 0 unspecified atom stereocenters. The Labute approximate surface area is 160 Å². The zero-order valence-electron chi connectivity index (χ0n) is 15.2. The number of furan rings is 2. The highest BCUT2D eigenvalue weighted by molar-refractivity contribution is 5.53. The van der Waals surface area contributed by atoms with Crippen LogP contribution in [0.4, 0.5) is 11.9 Å². The summed E-state index contributed by atoms with van der Waals surface area (Å²) in [4.78, 5) is 18.0. The van der Waals surface area contributed by atoms with Crippen LogP contribution in [0.1, 0.15) is 12.2 Å². The van der Waals surface area contributed by atoms with Crippen LogP contribution >= 0.6 is 0 Å². The molecule has 5 rings (SSSR count). The zero-order chi connectivity index (χ0) is 18.9. The smallest absolute Gasteiger partial charge is 0.259 e. The van der Waals surface area contributed by atoms with E-state index in [-0.39, 0.29) is 5.95 Å². The first-order chi connectivity index (χ1) is 13.8. The molecule has 1 saturated heterocycles. The Morgan fingerprint density at radius 3 is 2.68 bits per heavy atom. The second-order valence-electron chi connectivity index (χ2n) is 6.70. The molecule has 0 aliphatic carbocycles. The average Bonchev–Trinajstić information content (AvgIpc) is 3.42. The molecule has 4 aromatic rings. The molecule has 4 aromatic heterocycles. The van der Waals surface area contributed by atoms with Crippen molar-refractivity contribution in [3.05, 3.63) is 42.6 Å². The van der Waals surface area contributed by atoms with E-state index in [2.05, 4.69) is 29.9 Å². The van der Waals surface area contributed by atoms with Gasteiger partial charge in [-0.3, -0.25) is 4.90 Å². The number of rotatable bonds is 4. The highest BCUT2D eigenvalue weighted by Crippen LogP contribution is 2.20. The first-order valence-corrected chi connectivity index (χ1v) is 9.20. The van der Waals surface area contributed by atoms with Crippen molar-refractivity contribution in [2.24, 2.45) is 0 Å². The quantitative estimate of drug-likeness (QED) is 0.564. The number of nitrogen functional groups attached to an aromatic ring is 1. The van der Waals surface area contributed by atoms with E-state index >= 15 is 0 Å². The third kappa shape index (κ3) is 3.18. The number of nitrogens with two attached hydrogens (primary N) is 1. The van der Waals surface area contributed by atoms with E-state index in [0.29, 0.717) is 23.3 Å². The monoisotopic (exact) mass is 380 g/mol. The SMILES string of the molecule is Nc1nc(N2CCCN(Cc3ccco3)CC2)nc2nc(-c3ccco3)nn12. The lowest BCUT2D eigenvalue weighted by Gasteiger charge is -2.21. The van der Waals surface area contributed by atoms with Crippen molar-refractivity contribution in [1.82, 2.24) is 29.5 Å². The summed E-state index contributed by atoms with van der Waals surface area (Å²) in [5.41, 5.74) is 6.12. The maximum Gasteiger partial charge on any atom is 0.259 e. The van der Waals surface area contributed by atoms with Crippen LogP contribution in [0.25, 0.3) is 17.4 Å². The molecule has 10 nitrogen and oxygen atoms in total. The van der Waals surface area contributed by atoms with E-state index < -0.39 is 0 Å². The van der Waals surface area contributed by atoms with Gasteiger partial charge >= 0.3 is 0 Å². The van der Waals surface area contributed by atoms with Crippen LogP contribution in [-0.2, 0) is 6.54 Å². The highest BCUT2D eigenvalue weighted by Gasteiger charge is 2.20. The van der Waals surface area contributed by atoms with Crippen LogP contribution in [0.3, 0.4) is 0 Å². The molecule has 0 bridgehead atoms. The molecule has 10 heteroatoms. The van der Waals surface area contributed by atoms with Gasteiger partial charge in [-0.15, -0.1) is 5.10 Å². The number of hydrogen-bond acceptors (Lipinski definition) is 9. The summed E-state index contributed by atoms with van der Waals surface area (Å²) in [6.45, 7) is 4.33. The summed E-state index contributed by atoms with van der Waals surface area (Å²) < 4.78 is 12.3. The van der Waals surface area contributed by atoms with Crippen LogP contribution in [0.5, 0.6) is 0 Å². The molecule has 5 heterocycles. The largest absolute Gasteiger partial charge is 0.468 e. The Morgan fingerprint density at radius 2 is 1.86 bits per heavy atom. The molecule has 1 aliphatic rings. The predicted molar refractivity (Wildman–Crippen MR) is 102 cm³/mol. The standard InChI is InChI=1S/C18H20N8O2/c19-16-21-17(22-18-20-15(23-26(16)18)14-5-2-11-28-14)25-7-3-6-24(8-9-25)12-13-4-1-10-27-13/h1-2,4-5,10-11H,3,6-9,12H2,(H2,19,20,21,22,23). The molecule has 0 aromatic carbocycles. The molecule has 0 spiro atoms. The van der Waals surface area contributed by atoms with Gasteiger partial charge in [-0.1, -0.05) is 0 Å². The second kappa shape index (κ2) is 6.97. The Kier molecular flexibility index (Phi) is 4.17. The van der Waals surface area contributed by atoms with Gasteiger partial charge in [0.1, 0.15) is 5.76 Å². The minimum Gasteiger partial charge on any atom is -0.468 e. The predicted octanol–water partition coefficient (Wildman–Crippen LogP) is 1.67. The summed E-state index contributed by atoms with van der Waals surface area (Å²) in [6, 6.07) is 7.50. The Balaban J connectivity index is 1.36. The van der Waals surface area contributed by atoms with Gasteiger partial charge in [0.15, 0.2) is 5.76 Å². The Bertz CT molecular complexity index is 1060. The fourth-order valence-corrected chi connectivity index (χ4v) is 3.40. The first kappa shape index (κ1) is 16.8. The van der Waals surface area contributed by atoms with E-state index in [4.69, 9.17) is 14.6 Å². The molecule has 0 atom stereocenters. The number of anilines is 2. The van der Waals surface area contributed by atoms with Crippen LogP contribution in [0.2, 0.25) is 0 Å². The van der Waals surface area contributed by atoms with Crippen molar-refractivity contribution in [2.45, 2.75) is 13.0 Å². The molecule has 0 radical (unpaired) electrons. The van der Waals surface area contributed by atoms with Gasteiger partial charge in [0.25, 0.3) is 5.78 Å². The van der Waals surface area contributed by atoms with Crippen molar-refractivity contribution >= 4 is 17.7 Å². The van der Waals surface area contributed by atoms with E-state index in [1.54, 1.807) is 24.7 Å². The first-order valence-electron chi connectivity index (χ1n) is 9.20. The summed E-state index contributed by atoms with van der Waals surface area (Å²) in [5.74, 6) is 3.21. The molecule has 2 N–H and O–H groups in total. The van der Waals surface area contributed by atoms with Gasteiger partial charge in [0.2, 0.25) is 17.7 Å². The molecule has 1 aliphatic heterocycles. The van der Waals surface area contributed by atoms with Gasteiger partial charge < -0.3 is 19.5 Å². The van der Waals surface area contributed by atoms with E-state index in [9.17, 15) is 0 Å². The van der Waals surface area contributed by atoms with Crippen molar-refractivity contribution < 1.29 is 8.83 Å².